The van der Waals surface area contributed by atoms with Crippen LogP contribution in [0.25, 0.3) is 11.4 Å². The van der Waals surface area contributed by atoms with Gasteiger partial charge in [-0.15, -0.1) is 0 Å². The number of rotatable bonds is 2. The van der Waals surface area contributed by atoms with Gasteiger partial charge in [-0.2, -0.15) is 9.97 Å². The molecule has 0 aromatic carbocycles. The quantitative estimate of drug-likeness (QED) is 0.848. The van der Waals surface area contributed by atoms with Crippen molar-refractivity contribution in [1.29, 1.82) is 0 Å². The van der Waals surface area contributed by atoms with Gasteiger partial charge in [0.25, 0.3) is 0 Å². The molecule has 0 radical (unpaired) electrons. The molecule has 0 bridgehead atoms. The minimum Gasteiger partial charge on any atom is -0.368 e. The highest BCUT2D eigenvalue weighted by atomic mass is 15.1. The summed E-state index contributed by atoms with van der Waals surface area (Å²) in [7, 11) is 0. The summed E-state index contributed by atoms with van der Waals surface area (Å²) in [6.45, 7) is 0. The maximum absolute atomic E-state index is 5.86. The molecule has 2 N–H and O–H groups in total. The van der Waals surface area contributed by atoms with Gasteiger partial charge in [0.2, 0.25) is 5.95 Å². The largest absolute Gasteiger partial charge is 0.368 e. The second kappa shape index (κ2) is 5.94. The molecule has 5 heteroatoms. The standard InChI is InChI=1S/C15H19N5/c16-15-19-13(11-6-3-1-2-4-7-11)18-14(20-15)12-8-5-9-17-10-12/h5,8-11H,1-4,6-7H2,(H2,16,18,19,20). The van der Waals surface area contributed by atoms with E-state index in [9.17, 15) is 0 Å². The summed E-state index contributed by atoms with van der Waals surface area (Å²) in [5, 5.41) is 0. The zero-order valence-electron chi connectivity index (χ0n) is 11.5. The number of nitrogens with zero attached hydrogens (tertiary/aromatic N) is 4. The van der Waals surface area contributed by atoms with E-state index in [1.54, 1.807) is 12.4 Å². The molecule has 0 saturated heterocycles. The summed E-state index contributed by atoms with van der Waals surface area (Å²) >= 11 is 0. The minimum absolute atomic E-state index is 0.304. The Balaban J connectivity index is 1.94. The number of hydrogen-bond donors (Lipinski definition) is 1. The topological polar surface area (TPSA) is 77.6 Å². The van der Waals surface area contributed by atoms with E-state index in [1.807, 2.05) is 12.1 Å². The van der Waals surface area contributed by atoms with Crippen LogP contribution in [0.4, 0.5) is 5.95 Å². The average Bonchev–Trinajstić information content (AvgIpc) is 2.77. The third-order valence-electron chi connectivity index (χ3n) is 3.81. The predicted molar refractivity (Wildman–Crippen MR) is 77.9 cm³/mol. The van der Waals surface area contributed by atoms with Gasteiger partial charge in [-0.3, -0.25) is 4.98 Å². The molecule has 1 aliphatic rings. The Bertz CT molecular complexity index is 562. The maximum Gasteiger partial charge on any atom is 0.223 e. The van der Waals surface area contributed by atoms with Crippen LogP contribution in [-0.4, -0.2) is 19.9 Å². The van der Waals surface area contributed by atoms with Crippen LogP contribution in [-0.2, 0) is 0 Å². The van der Waals surface area contributed by atoms with Crippen LogP contribution < -0.4 is 5.73 Å². The molecule has 1 aliphatic carbocycles. The summed E-state index contributed by atoms with van der Waals surface area (Å²) in [5.41, 5.74) is 6.75. The molecule has 1 fully saturated rings. The summed E-state index contributed by atoms with van der Waals surface area (Å²) in [4.78, 5) is 17.3. The van der Waals surface area contributed by atoms with Crippen molar-refractivity contribution < 1.29 is 0 Å². The normalized spacial score (nSPS) is 16.8. The number of aromatic nitrogens is 4. The lowest BCUT2D eigenvalue weighted by Crippen LogP contribution is -2.09. The SMILES string of the molecule is Nc1nc(-c2cccnc2)nc(C2CCCCCC2)n1. The smallest absolute Gasteiger partial charge is 0.223 e. The Morgan fingerprint density at radius 1 is 1.00 bits per heavy atom. The van der Waals surface area contributed by atoms with Gasteiger partial charge in [-0.05, 0) is 25.0 Å². The molecule has 2 aromatic heterocycles. The van der Waals surface area contributed by atoms with Gasteiger partial charge in [0.1, 0.15) is 5.82 Å². The van der Waals surface area contributed by atoms with Gasteiger partial charge in [-0.25, -0.2) is 4.98 Å². The third-order valence-corrected chi connectivity index (χ3v) is 3.81. The van der Waals surface area contributed by atoms with Gasteiger partial charge < -0.3 is 5.73 Å². The molecule has 0 aliphatic heterocycles. The van der Waals surface area contributed by atoms with E-state index in [0.717, 1.165) is 24.2 Å². The van der Waals surface area contributed by atoms with Crippen molar-refractivity contribution in [1.82, 2.24) is 19.9 Å². The summed E-state index contributed by atoms with van der Waals surface area (Å²) in [5.74, 6) is 2.19. The average molecular weight is 269 g/mol. The molecule has 2 heterocycles. The highest BCUT2D eigenvalue weighted by Crippen LogP contribution is 2.30. The molecule has 5 nitrogen and oxygen atoms in total. The van der Waals surface area contributed by atoms with E-state index in [4.69, 9.17) is 5.73 Å². The van der Waals surface area contributed by atoms with Crippen LogP contribution >= 0.6 is 0 Å². The van der Waals surface area contributed by atoms with Crippen molar-refractivity contribution >= 4 is 5.95 Å². The monoisotopic (exact) mass is 269 g/mol. The fourth-order valence-corrected chi connectivity index (χ4v) is 2.75. The molecular weight excluding hydrogens is 250 g/mol. The second-order valence-corrected chi connectivity index (χ2v) is 5.31. The Hall–Kier alpha value is -2.04. The van der Waals surface area contributed by atoms with E-state index in [1.165, 1.54) is 25.7 Å². The van der Waals surface area contributed by atoms with E-state index in [-0.39, 0.29) is 0 Å². The van der Waals surface area contributed by atoms with Crippen LogP contribution in [0.15, 0.2) is 24.5 Å². The maximum atomic E-state index is 5.86. The summed E-state index contributed by atoms with van der Waals surface area (Å²) in [6.07, 6.45) is 10.9. The first kappa shape index (κ1) is 13.0. The molecule has 3 rings (SSSR count). The van der Waals surface area contributed by atoms with E-state index in [2.05, 4.69) is 19.9 Å². The first-order chi connectivity index (χ1) is 9.83. The van der Waals surface area contributed by atoms with Gasteiger partial charge in [0.05, 0.1) is 0 Å². The lowest BCUT2D eigenvalue weighted by Gasteiger charge is -2.13. The zero-order chi connectivity index (χ0) is 13.8. The number of pyridine rings is 1. The molecule has 0 unspecified atom stereocenters. The molecular formula is C15H19N5. The Morgan fingerprint density at radius 2 is 1.80 bits per heavy atom. The fourth-order valence-electron chi connectivity index (χ4n) is 2.75. The second-order valence-electron chi connectivity index (χ2n) is 5.31. The van der Waals surface area contributed by atoms with Gasteiger partial charge in [0.15, 0.2) is 5.82 Å². The van der Waals surface area contributed by atoms with Crippen LogP contribution in [0, 0.1) is 0 Å². The van der Waals surface area contributed by atoms with Crippen LogP contribution in [0.2, 0.25) is 0 Å². The van der Waals surface area contributed by atoms with Crippen molar-refractivity contribution in [2.75, 3.05) is 5.73 Å². The molecule has 104 valence electrons. The Morgan fingerprint density at radius 3 is 2.50 bits per heavy atom. The fraction of sp³-hybridized carbons (Fsp3) is 0.467. The van der Waals surface area contributed by atoms with Gasteiger partial charge in [-0.1, -0.05) is 25.7 Å². The van der Waals surface area contributed by atoms with Crippen molar-refractivity contribution in [3.63, 3.8) is 0 Å². The molecule has 2 aromatic rings. The Kier molecular flexibility index (Phi) is 3.85. The number of anilines is 1. The van der Waals surface area contributed by atoms with Crippen molar-refractivity contribution in [3.05, 3.63) is 30.4 Å². The molecule has 20 heavy (non-hydrogen) atoms. The Labute approximate surface area is 118 Å². The lowest BCUT2D eigenvalue weighted by molar-refractivity contribution is 0.559. The first-order valence-electron chi connectivity index (χ1n) is 7.25. The summed E-state index contributed by atoms with van der Waals surface area (Å²) in [6, 6.07) is 3.82. The molecule has 0 spiro atoms. The minimum atomic E-state index is 0.304. The van der Waals surface area contributed by atoms with E-state index < -0.39 is 0 Å². The van der Waals surface area contributed by atoms with E-state index >= 15 is 0 Å². The van der Waals surface area contributed by atoms with Crippen molar-refractivity contribution in [3.8, 4) is 11.4 Å². The van der Waals surface area contributed by atoms with Gasteiger partial charge >= 0.3 is 0 Å². The van der Waals surface area contributed by atoms with Crippen LogP contribution in [0.3, 0.4) is 0 Å². The molecule has 1 saturated carbocycles. The van der Waals surface area contributed by atoms with Crippen LogP contribution in [0.5, 0.6) is 0 Å². The highest BCUT2D eigenvalue weighted by Gasteiger charge is 2.19. The predicted octanol–water partition coefficient (Wildman–Crippen LogP) is 2.95. The number of nitrogens with two attached hydrogens (primary N) is 1. The van der Waals surface area contributed by atoms with E-state index in [0.29, 0.717) is 17.7 Å². The van der Waals surface area contributed by atoms with Crippen molar-refractivity contribution in [2.24, 2.45) is 0 Å². The highest BCUT2D eigenvalue weighted by molar-refractivity contribution is 5.54. The third kappa shape index (κ3) is 2.92. The number of hydrogen-bond acceptors (Lipinski definition) is 5. The molecule has 0 atom stereocenters. The zero-order valence-corrected chi connectivity index (χ0v) is 11.5. The van der Waals surface area contributed by atoms with Gasteiger partial charge in [0, 0.05) is 23.9 Å². The summed E-state index contributed by atoms with van der Waals surface area (Å²) < 4.78 is 0. The van der Waals surface area contributed by atoms with Crippen LogP contribution in [0.1, 0.15) is 50.3 Å². The molecule has 0 amide bonds. The number of nitrogen functional groups attached to an aromatic ring is 1. The lowest BCUT2D eigenvalue weighted by atomic mass is 9.99. The van der Waals surface area contributed by atoms with Crippen molar-refractivity contribution in [2.45, 2.75) is 44.4 Å². The first-order valence-corrected chi connectivity index (χ1v) is 7.25.